The Kier molecular flexibility index (Phi) is 8.95. The Morgan fingerprint density at radius 2 is 1.93 bits per heavy atom. The summed E-state index contributed by atoms with van der Waals surface area (Å²) in [5, 5.41) is 3.77. The Morgan fingerprint density at radius 3 is 2.59 bits per heavy atom. The van der Waals surface area contributed by atoms with Gasteiger partial charge in [-0.3, -0.25) is 9.10 Å². The fraction of sp³-hybridized carbons (Fsp3) is 0.316. The minimum absolute atomic E-state index is 0.302. The fourth-order valence-corrected chi connectivity index (χ4v) is 4.41. The van der Waals surface area contributed by atoms with Crippen LogP contribution in [0.2, 0.25) is 10.0 Å². The smallest absolute Gasteiger partial charge is 0.240 e. The van der Waals surface area contributed by atoms with Crippen molar-refractivity contribution in [1.82, 2.24) is 5.32 Å². The zero-order valence-electron chi connectivity index (χ0n) is 16.0. The van der Waals surface area contributed by atoms with Crippen LogP contribution in [0.3, 0.4) is 0 Å². The first-order chi connectivity index (χ1) is 13.7. The number of carbonyl (C=O) groups is 1. The van der Waals surface area contributed by atoms with E-state index >= 15 is 0 Å². The molecule has 0 atom stereocenters. The molecular weight excluding hydrogens is 455 g/mol. The zero-order chi connectivity index (χ0) is 21.4. The molecule has 1 N–H and O–H groups in total. The van der Waals surface area contributed by atoms with Crippen LogP contribution in [0.1, 0.15) is 5.56 Å². The Morgan fingerprint density at radius 1 is 1.17 bits per heavy atom. The zero-order valence-corrected chi connectivity index (χ0v) is 19.2. The molecule has 6 nitrogen and oxygen atoms in total. The van der Waals surface area contributed by atoms with Crippen LogP contribution in [-0.4, -0.2) is 46.5 Å². The maximum atomic E-state index is 12.3. The van der Waals surface area contributed by atoms with Crippen molar-refractivity contribution in [2.75, 3.05) is 36.5 Å². The van der Waals surface area contributed by atoms with Gasteiger partial charge in [0.2, 0.25) is 15.9 Å². The number of hydrogen-bond donors (Lipinski definition) is 1. The first kappa shape index (κ1) is 23.7. The summed E-state index contributed by atoms with van der Waals surface area (Å²) in [6.07, 6.45) is 1.06. The molecule has 2 aromatic carbocycles. The number of amides is 1. The number of sulfonamides is 1. The van der Waals surface area contributed by atoms with Gasteiger partial charge >= 0.3 is 0 Å². The third-order valence-corrected chi connectivity index (χ3v) is 6.76. The van der Waals surface area contributed by atoms with Crippen molar-refractivity contribution in [2.24, 2.45) is 0 Å². The van der Waals surface area contributed by atoms with Crippen molar-refractivity contribution in [3.8, 4) is 5.75 Å². The van der Waals surface area contributed by atoms with E-state index in [2.05, 4.69) is 5.32 Å². The van der Waals surface area contributed by atoms with Gasteiger partial charge < -0.3 is 10.1 Å². The third kappa shape index (κ3) is 7.62. The van der Waals surface area contributed by atoms with Crippen LogP contribution in [0.4, 0.5) is 5.69 Å². The molecule has 0 heterocycles. The Balaban J connectivity index is 1.84. The summed E-state index contributed by atoms with van der Waals surface area (Å²) in [6.45, 7) is 0.115. The number of benzene rings is 2. The SMILES string of the molecule is COc1cccc(N(CC(=O)NCCSCc2ccc(Cl)c(Cl)c2)S(C)(=O)=O)c1. The van der Waals surface area contributed by atoms with Crippen molar-refractivity contribution >= 4 is 56.6 Å². The number of rotatable bonds is 10. The largest absolute Gasteiger partial charge is 0.497 e. The third-order valence-electron chi connectivity index (χ3n) is 3.85. The number of methoxy groups -OCH3 is 1. The molecule has 1 amide bonds. The van der Waals surface area contributed by atoms with Crippen LogP contribution in [0.15, 0.2) is 42.5 Å². The van der Waals surface area contributed by atoms with Crippen molar-refractivity contribution < 1.29 is 17.9 Å². The topological polar surface area (TPSA) is 75.7 Å². The number of thioether (sulfide) groups is 1. The number of nitrogens with zero attached hydrogens (tertiary/aromatic N) is 1. The average Bonchev–Trinajstić information content (AvgIpc) is 2.67. The summed E-state index contributed by atoms with van der Waals surface area (Å²) in [4.78, 5) is 12.3. The second-order valence-electron chi connectivity index (χ2n) is 6.12. The first-order valence-electron chi connectivity index (χ1n) is 8.61. The van der Waals surface area contributed by atoms with Gasteiger partial charge in [0.05, 0.1) is 29.1 Å². The summed E-state index contributed by atoms with van der Waals surface area (Å²) in [5.74, 6) is 1.53. The minimum atomic E-state index is -3.63. The van der Waals surface area contributed by atoms with Gasteiger partial charge in [-0.25, -0.2) is 8.42 Å². The minimum Gasteiger partial charge on any atom is -0.497 e. The molecule has 0 fully saturated rings. The molecular formula is C19H22Cl2N2O4S2. The summed E-state index contributed by atoms with van der Waals surface area (Å²) in [6, 6.07) is 12.0. The number of hydrogen-bond acceptors (Lipinski definition) is 5. The second-order valence-corrected chi connectivity index (χ2v) is 9.95. The van der Waals surface area contributed by atoms with Crippen LogP contribution < -0.4 is 14.4 Å². The molecule has 158 valence electrons. The Bertz CT molecular complexity index is 955. The van der Waals surface area contributed by atoms with E-state index in [0.29, 0.717) is 33.8 Å². The van der Waals surface area contributed by atoms with E-state index in [4.69, 9.17) is 27.9 Å². The molecule has 0 radical (unpaired) electrons. The molecule has 0 aliphatic carbocycles. The van der Waals surface area contributed by atoms with Crippen LogP contribution in [-0.2, 0) is 20.6 Å². The number of ether oxygens (including phenoxy) is 1. The lowest BCUT2D eigenvalue weighted by atomic mass is 10.2. The molecule has 0 spiro atoms. The van der Waals surface area contributed by atoms with E-state index in [0.717, 1.165) is 21.9 Å². The van der Waals surface area contributed by atoms with E-state index in [1.165, 1.54) is 7.11 Å². The molecule has 0 aromatic heterocycles. The van der Waals surface area contributed by atoms with E-state index in [1.54, 1.807) is 42.1 Å². The molecule has 0 saturated carbocycles. The van der Waals surface area contributed by atoms with Gasteiger partial charge in [0.15, 0.2) is 0 Å². The molecule has 0 saturated heterocycles. The van der Waals surface area contributed by atoms with Gasteiger partial charge in [-0.05, 0) is 29.8 Å². The summed E-state index contributed by atoms with van der Waals surface area (Å²) in [5.41, 5.74) is 1.41. The lowest BCUT2D eigenvalue weighted by molar-refractivity contribution is -0.119. The number of nitrogens with one attached hydrogen (secondary N) is 1. The highest BCUT2D eigenvalue weighted by Crippen LogP contribution is 2.25. The van der Waals surface area contributed by atoms with Gasteiger partial charge in [0, 0.05) is 24.1 Å². The molecule has 29 heavy (non-hydrogen) atoms. The van der Waals surface area contributed by atoms with Crippen LogP contribution in [0.25, 0.3) is 0 Å². The predicted molar refractivity (Wildman–Crippen MR) is 121 cm³/mol. The highest BCUT2D eigenvalue weighted by Gasteiger charge is 2.21. The fourth-order valence-electron chi connectivity index (χ4n) is 2.43. The molecule has 10 heteroatoms. The highest BCUT2D eigenvalue weighted by molar-refractivity contribution is 7.98. The molecule has 0 bridgehead atoms. The lowest BCUT2D eigenvalue weighted by Crippen LogP contribution is -2.41. The van der Waals surface area contributed by atoms with Crippen LogP contribution in [0.5, 0.6) is 5.75 Å². The molecule has 0 aliphatic rings. The molecule has 2 rings (SSSR count). The summed E-state index contributed by atoms with van der Waals surface area (Å²) in [7, 11) is -2.14. The number of carbonyl (C=O) groups excluding carboxylic acids is 1. The van der Waals surface area contributed by atoms with Gasteiger partial charge in [0.1, 0.15) is 12.3 Å². The van der Waals surface area contributed by atoms with E-state index < -0.39 is 10.0 Å². The van der Waals surface area contributed by atoms with Crippen molar-refractivity contribution in [3.05, 3.63) is 58.1 Å². The molecule has 2 aromatic rings. The van der Waals surface area contributed by atoms with Crippen molar-refractivity contribution in [1.29, 1.82) is 0 Å². The number of anilines is 1. The standard InChI is InChI=1S/C19H22Cl2N2O4S2/c1-27-16-5-3-4-15(11-16)23(29(2,25)26)12-19(24)22-8-9-28-13-14-6-7-17(20)18(21)10-14/h3-7,10-11H,8-9,12-13H2,1-2H3,(H,22,24). The van der Waals surface area contributed by atoms with Crippen molar-refractivity contribution in [3.63, 3.8) is 0 Å². The number of halogens is 2. The van der Waals surface area contributed by atoms with E-state index in [9.17, 15) is 13.2 Å². The summed E-state index contributed by atoms with van der Waals surface area (Å²) >= 11 is 13.5. The quantitative estimate of drug-likeness (QED) is 0.527. The predicted octanol–water partition coefficient (Wildman–Crippen LogP) is 3.82. The first-order valence-corrected chi connectivity index (χ1v) is 12.4. The monoisotopic (exact) mass is 476 g/mol. The van der Waals surface area contributed by atoms with E-state index in [1.807, 2.05) is 12.1 Å². The molecule has 0 aliphatic heterocycles. The van der Waals surface area contributed by atoms with Crippen LogP contribution in [0, 0.1) is 0 Å². The normalized spacial score (nSPS) is 11.2. The summed E-state index contributed by atoms with van der Waals surface area (Å²) < 4.78 is 30.4. The molecule has 0 unspecified atom stereocenters. The van der Waals surface area contributed by atoms with Gasteiger partial charge in [-0.2, -0.15) is 11.8 Å². The van der Waals surface area contributed by atoms with E-state index in [-0.39, 0.29) is 12.5 Å². The van der Waals surface area contributed by atoms with Crippen molar-refractivity contribution in [2.45, 2.75) is 5.75 Å². The van der Waals surface area contributed by atoms with Gasteiger partial charge in [-0.15, -0.1) is 0 Å². The highest BCUT2D eigenvalue weighted by atomic mass is 35.5. The second kappa shape index (κ2) is 11.0. The van der Waals surface area contributed by atoms with Crippen LogP contribution >= 0.6 is 35.0 Å². The van der Waals surface area contributed by atoms with Gasteiger partial charge in [-0.1, -0.05) is 35.3 Å². The Labute approximate surface area is 185 Å². The van der Waals surface area contributed by atoms with Gasteiger partial charge in [0.25, 0.3) is 0 Å². The average molecular weight is 477 g/mol. The lowest BCUT2D eigenvalue weighted by Gasteiger charge is -2.22. The Hall–Kier alpha value is -1.61. The maximum absolute atomic E-state index is 12.3. The maximum Gasteiger partial charge on any atom is 0.240 e.